The number of methoxy groups -OCH3 is 1. The lowest BCUT2D eigenvalue weighted by atomic mass is 9.91. The van der Waals surface area contributed by atoms with Gasteiger partial charge in [0.25, 0.3) is 0 Å². The lowest BCUT2D eigenvalue weighted by molar-refractivity contribution is -0.140. The van der Waals surface area contributed by atoms with Crippen LogP contribution in [0.3, 0.4) is 0 Å². The van der Waals surface area contributed by atoms with Crippen molar-refractivity contribution >= 4 is 5.91 Å². The van der Waals surface area contributed by atoms with E-state index < -0.39 is 5.54 Å². The molecule has 23 heavy (non-hydrogen) atoms. The summed E-state index contributed by atoms with van der Waals surface area (Å²) in [5.74, 6) is 0.00791. The highest BCUT2D eigenvalue weighted by Gasteiger charge is 2.37. The van der Waals surface area contributed by atoms with Crippen molar-refractivity contribution in [1.82, 2.24) is 9.80 Å². The Bertz CT molecular complexity index is 504. The van der Waals surface area contributed by atoms with Gasteiger partial charge in [0.2, 0.25) is 5.91 Å². The van der Waals surface area contributed by atoms with Gasteiger partial charge in [0.1, 0.15) is 5.54 Å². The number of nitrogens with two attached hydrogens (primary N) is 1. The van der Waals surface area contributed by atoms with Crippen molar-refractivity contribution in [2.45, 2.75) is 31.8 Å². The molecule has 2 atom stereocenters. The van der Waals surface area contributed by atoms with Crippen LogP contribution in [0.4, 0.5) is 0 Å². The van der Waals surface area contributed by atoms with Crippen LogP contribution in [0.15, 0.2) is 30.3 Å². The summed E-state index contributed by atoms with van der Waals surface area (Å²) >= 11 is 0. The van der Waals surface area contributed by atoms with Gasteiger partial charge in [-0.1, -0.05) is 37.3 Å². The minimum Gasteiger partial charge on any atom is -0.383 e. The Kier molecular flexibility index (Phi) is 6.16. The third-order valence-electron chi connectivity index (χ3n) is 4.76. The molecule has 2 rings (SSSR count). The fourth-order valence-electron chi connectivity index (χ4n) is 3.20. The van der Waals surface area contributed by atoms with Crippen molar-refractivity contribution in [1.29, 1.82) is 0 Å². The molecule has 5 nitrogen and oxygen atoms in total. The minimum atomic E-state index is -0.978. The number of ether oxygens (including phenoxy) is 1. The summed E-state index contributed by atoms with van der Waals surface area (Å²) in [6.07, 6.45) is 1.01. The number of hydrogen-bond acceptors (Lipinski definition) is 4. The Labute approximate surface area is 139 Å². The smallest absolute Gasteiger partial charge is 0.247 e. The van der Waals surface area contributed by atoms with Gasteiger partial charge in [0.05, 0.1) is 6.61 Å². The Morgan fingerprint density at radius 1 is 1.35 bits per heavy atom. The van der Waals surface area contributed by atoms with E-state index in [1.165, 1.54) is 0 Å². The first-order valence-electron chi connectivity index (χ1n) is 8.37. The van der Waals surface area contributed by atoms with Gasteiger partial charge in [-0.2, -0.15) is 0 Å². The van der Waals surface area contributed by atoms with Crippen LogP contribution >= 0.6 is 0 Å². The van der Waals surface area contributed by atoms with Crippen molar-refractivity contribution in [2.75, 3.05) is 39.9 Å². The molecular formula is C18H29N3O2. The average Bonchev–Trinajstić information content (AvgIpc) is 2.59. The number of amides is 1. The molecule has 1 aliphatic heterocycles. The number of rotatable bonds is 6. The Morgan fingerprint density at radius 2 is 2.04 bits per heavy atom. The summed E-state index contributed by atoms with van der Waals surface area (Å²) in [5.41, 5.74) is 6.27. The molecule has 1 aliphatic rings. The third-order valence-corrected chi connectivity index (χ3v) is 4.76. The van der Waals surface area contributed by atoms with E-state index in [4.69, 9.17) is 10.5 Å². The zero-order valence-electron chi connectivity index (χ0n) is 14.5. The van der Waals surface area contributed by atoms with Gasteiger partial charge in [-0.15, -0.1) is 0 Å². The fraction of sp³-hybridized carbons (Fsp3) is 0.611. The highest BCUT2D eigenvalue weighted by Crippen LogP contribution is 2.23. The van der Waals surface area contributed by atoms with Crippen molar-refractivity contribution in [3.8, 4) is 0 Å². The van der Waals surface area contributed by atoms with E-state index in [0.717, 1.165) is 44.8 Å². The quantitative estimate of drug-likeness (QED) is 0.862. The summed E-state index contributed by atoms with van der Waals surface area (Å²) in [6, 6.07) is 9.99. The maximum absolute atomic E-state index is 13.0. The lowest BCUT2D eigenvalue weighted by Crippen LogP contribution is -2.60. The summed E-state index contributed by atoms with van der Waals surface area (Å²) in [6.45, 7) is 7.94. The van der Waals surface area contributed by atoms with Gasteiger partial charge in [-0.25, -0.2) is 0 Å². The lowest BCUT2D eigenvalue weighted by Gasteiger charge is -2.43. The largest absolute Gasteiger partial charge is 0.383 e. The third kappa shape index (κ3) is 4.10. The van der Waals surface area contributed by atoms with E-state index in [9.17, 15) is 4.79 Å². The van der Waals surface area contributed by atoms with Gasteiger partial charge in [0, 0.05) is 39.3 Å². The summed E-state index contributed by atoms with van der Waals surface area (Å²) < 4.78 is 5.18. The van der Waals surface area contributed by atoms with Gasteiger partial charge in [0.15, 0.2) is 0 Å². The van der Waals surface area contributed by atoms with Gasteiger partial charge < -0.3 is 15.4 Å². The monoisotopic (exact) mass is 319 g/mol. The molecule has 1 fully saturated rings. The standard InChI is InChI=1S/C18H29N3O2/c1-4-16-14-21(11-10-20(16)12-13-23-3)17(22)18(2,19)15-8-6-5-7-9-15/h5-9,16H,4,10-14,19H2,1-3H3. The first kappa shape index (κ1) is 17.9. The van der Waals surface area contributed by atoms with Crippen LogP contribution in [0.1, 0.15) is 25.8 Å². The Balaban J connectivity index is 2.06. The predicted octanol–water partition coefficient (Wildman–Crippen LogP) is 1.43. The number of benzene rings is 1. The van der Waals surface area contributed by atoms with Crippen LogP contribution in [-0.2, 0) is 15.1 Å². The average molecular weight is 319 g/mol. The van der Waals surface area contributed by atoms with Gasteiger partial charge >= 0.3 is 0 Å². The molecule has 0 aliphatic carbocycles. The van der Waals surface area contributed by atoms with Crippen LogP contribution < -0.4 is 5.73 Å². The minimum absolute atomic E-state index is 0.00791. The molecule has 2 N–H and O–H groups in total. The molecule has 1 heterocycles. The normalized spacial score (nSPS) is 21.9. The topological polar surface area (TPSA) is 58.8 Å². The number of carbonyl (C=O) groups excluding carboxylic acids is 1. The van der Waals surface area contributed by atoms with Crippen LogP contribution in [0.25, 0.3) is 0 Å². The number of hydrogen-bond donors (Lipinski definition) is 1. The molecule has 0 radical (unpaired) electrons. The van der Waals surface area contributed by atoms with Crippen molar-refractivity contribution in [2.24, 2.45) is 5.73 Å². The number of nitrogens with zero attached hydrogens (tertiary/aromatic N) is 2. The van der Waals surface area contributed by atoms with Gasteiger partial charge in [-0.3, -0.25) is 9.69 Å². The van der Waals surface area contributed by atoms with Crippen LogP contribution in [0.5, 0.6) is 0 Å². The number of piperazine rings is 1. The second-order valence-corrected chi connectivity index (χ2v) is 6.41. The van der Waals surface area contributed by atoms with Crippen molar-refractivity contribution in [3.05, 3.63) is 35.9 Å². The molecule has 1 aromatic rings. The second-order valence-electron chi connectivity index (χ2n) is 6.41. The van der Waals surface area contributed by atoms with E-state index in [1.807, 2.05) is 42.2 Å². The van der Waals surface area contributed by atoms with Crippen LogP contribution in [-0.4, -0.2) is 61.6 Å². The van der Waals surface area contributed by atoms with E-state index in [1.54, 1.807) is 7.11 Å². The zero-order valence-corrected chi connectivity index (χ0v) is 14.5. The van der Waals surface area contributed by atoms with Gasteiger partial charge in [-0.05, 0) is 18.9 Å². The first-order valence-corrected chi connectivity index (χ1v) is 8.37. The van der Waals surface area contributed by atoms with Crippen LogP contribution in [0, 0.1) is 0 Å². The maximum atomic E-state index is 13.0. The first-order chi connectivity index (χ1) is 11.0. The zero-order chi connectivity index (χ0) is 16.9. The summed E-state index contributed by atoms with van der Waals surface area (Å²) in [4.78, 5) is 17.3. The molecule has 0 saturated carbocycles. The molecular weight excluding hydrogens is 290 g/mol. The molecule has 5 heteroatoms. The van der Waals surface area contributed by atoms with E-state index in [2.05, 4.69) is 11.8 Å². The summed E-state index contributed by atoms with van der Waals surface area (Å²) in [7, 11) is 1.72. The second kappa shape index (κ2) is 7.90. The van der Waals surface area contributed by atoms with Crippen molar-refractivity contribution in [3.63, 3.8) is 0 Å². The SMILES string of the molecule is CCC1CN(C(=O)C(C)(N)c2ccccc2)CCN1CCOC. The summed E-state index contributed by atoms with van der Waals surface area (Å²) in [5, 5.41) is 0. The molecule has 1 saturated heterocycles. The highest BCUT2D eigenvalue weighted by atomic mass is 16.5. The van der Waals surface area contributed by atoms with E-state index in [0.29, 0.717) is 6.04 Å². The molecule has 0 spiro atoms. The van der Waals surface area contributed by atoms with E-state index in [-0.39, 0.29) is 5.91 Å². The van der Waals surface area contributed by atoms with Crippen molar-refractivity contribution < 1.29 is 9.53 Å². The molecule has 128 valence electrons. The highest BCUT2D eigenvalue weighted by molar-refractivity contribution is 5.87. The molecule has 1 aromatic carbocycles. The molecule has 0 aromatic heterocycles. The predicted molar refractivity (Wildman–Crippen MR) is 92.1 cm³/mol. The van der Waals surface area contributed by atoms with Crippen LogP contribution in [0.2, 0.25) is 0 Å². The Hall–Kier alpha value is -1.43. The van der Waals surface area contributed by atoms with E-state index >= 15 is 0 Å². The fourth-order valence-corrected chi connectivity index (χ4v) is 3.20. The molecule has 2 unspecified atom stereocenters. The Morgan fingerprint density at radius 3 is 2.65 bits per heavy atom. The molecule has 0 bridgehead atoms. The number of carbonyl (C=O) groups is 1. The molecule has 1 amide bonds. The maximum Gasteiger partial charge on any atom is 0.247 e.